The molecule has 0 aliphatic carbocycles. The lowest BCUT2D eigenvalue weighted by molar-refractivity contribution is -0.132. The van der Waals surface area contributed by atoms with Gasteiger partial charge in [0.15, 0.2) is 0 Å². The summed E-state index contributed by atoms with van der Waals surface area (Å²) in [6, 6.07) is 17.8. The predicted octanol–water partition coefficient (Wildman–Crippen LogP) is 5.66. The molecule has 1 aliphatic rings. The normalized spacial score (nSPS) is 22.4. The van der Waals surface area contributed by atoms with E-state index in [1.54, 1.807) is 0 Å². The Hall–Kier alpha value is -2.14. The number of likely N-dealkylation sites (tertiary alicyclic amines) is 1. The minimum Gasteiger partial charge on any atom is -0.443 e. The highest BCUT2D eigenvalue weighted by Crippen LogP contribution is 2.49. The van der Waals surface area contributed by atoms with E-state index < -0.39 is 17.1 Å². The highest BCUT2D eigenvalue weighted by Gasteiger charge is 2.56. The van der Waals surface area contributed by atoms with Crippen molar-refractivity contribution in [2.24, 2.45) is 0 Å². The minimum absolute atomic E-state index is 0.145. The van der Waals surface area contributed by atoms with Crippen LogP contribution >= 0.6 is 15.9 Å². The molecule has 148 valence electrons. The zero-order valence-electron chi connectivity index (χ0n) is 16.7. The molecule has 2 atom stereocenters. The molecule has 1 fully saturated rings. The smallest absolute Gasteiger partial charge is 0.417 e. The number of amides is 2. The lowest BCUT2D eigenvalue weighted by atomic mass is 9.67. The SMILES string of the molecule is CC[C@]1(c2ccccc2)C(=O)N(C(=O)OC(C)(C)C)C[C@H]1c1ccc(Br)cc1. The Bertz CT molecular complexity index is 858. The molecule has 2 aromatic carbocycles. The quantitative estimate of drug-likeness (QED) is 0.614. The zero-order chi connectivity index (χ0) is 20.5. The molecular weight excluding hydrogens is 418 g/mol. The van der Waals surface area contributed by atoms with Gasteiger partial charge in [-0.05, 0) is 50.5 Å². The largest absolute Gasteiger partial charge is 0.443 e. The van der Waals surface area contributed by atoms with Crippen LogP contribution in [0, 0.1) is 0 Å². The average molecular weight is 444 g/mol. The van der Waals surface area contributed by atoms with Crippen LogP contribution in [0.4, 0.5) is 4.79 Å². The third kappa shape index (κ3) is 3.72. The third-order valence-electron chi connectivity index (χ3n) is 5.32. The van der Waals surface area contributed by atoms with Gasteiger partial charge in [0.25, 0.3) is 0 Å². The van der Waals surface area contributed by atoms with E-state index >= 15 is 0 Å². The fraction of sp³-hybridized carbons (Fsp3) is 0.391. The lowest BCUT2D eigenvalue weighted by Crippen LogP contribution is -2.43. The number of halogens is 1. The van der Waals surface area contributed by atoms with Gasteiger partial charge in [-0.15, -0.1) is 0 Å². The number of rotatable bonds is 3. The fourth-order valence-corrected chi connectivity index (χ4v) is 4.30. The first kappa shape index (κ1) is 20.6. The fourth-order valence-electron chi connectivity index (χ4n) is 4.03. The Labute approximate surface area is 175 Å². The molecular formula is C23H26BrNO3. The number of hydrogen-bond donors (Lipinski definition) is 0. The summed E-state index contributed by atoms with van der Waals surface area (Å²) >= 11 is 3.47. The van der Waals surface area contributed by atoms with E-state index in [1.807, 2.05) is 82.3 Å². The number of benzene rings is 2. The van der Waals surface area contributed by atoms with Crippen molar-refractivity contribution in [1.82, 2.24) is 4.90 Å². The van der Waals surface area contributed by atoms with Crippen molar-refractivity contribution in [2.45, 2.75) is 51.0 Å². The summed E-state index contributed by atoms with van der Waals surface area (Å²) in [6.07, 6.45) is 0.0152. The predicted molar refractivity (Wildman–Crippen MR) is 113 cm³/mol. The molecule has 0 N–H and O–H groups in total. The molecule has 0 aromatic heterocycles. The van der Waals surface area contributed by atoms with Crippen molar-refractivity contribution >= 4 is 27.9 Å². The maximum atomic E-state index is 13.7. The Morgan fingerprint density at radius 1 is 1.14 bits per heavy atom. The van der Waals surface area contributed by atoms with Crippen LogP contribution < -0.4 is 0 Å². The average Bonchev–Trinajstić information content (AvgIpc) is 2.95. The molecule has 28 heavy (non-hydrogen) atoms. The van der Waals surface area contributed by atoms with E-state index in [0.29, 0.717) is 13.0 Å². The zero-order valence-corrected chi connectivity index (χ0v) is 18.3. The van der Waals surface area contributed by atoms with E-state index in [2.05, 4.69) is 15.9 Å². The van der Waals surface area contributed by atoms with Gasteiger partial charge in [-0.3, -0.25) is 4.79 Å². The van der Waals surface area contributed by atoms with Gasteiger partial charge in [0.05, 0.1) is 5.41 Å². The second-order valence-electron chi connectivity index (χ2n) is 8.19. The summed E-state index contributed by atoms with van der Waals surface area (Å²) in [7, 11) is 0. The summed E-state index contributed by atoms with van der Waals surface area (Å²) in [4.78, 5) is 27.8. The lowest BCUT2D eigenvalue weighted by Gasteiger charge is -2.32. The maximum Gasteiger partial charge on any atom is 0.417 e. The summed E-state index contributed by atoms with van der Waals surface area (Å²) in [5, 5.41) is 0. The molecule has 0 bridgehead atoms. The number of ether oxygens (including phenoxy) is 1. The monoisotopic (exact) mass is 443 g/mol. The van der Waals surface area contributed by atoms with Crippen molar-refractivity contribution in [3.05, 3.63) is 70.2 Å². The number of carbonyl (C=O) groups excluding carboxylic acids is 2. The van der Waals surface area contributed by atoms with Crippen LogP contribution in [0.3, 0.4) is 0 Å². The Kier molecular flexibility index (Phi) is 5.67. The van der Waals surface area contributed by atoms with Crippen molar-refractivity contribution in [1.29, 1.82) is 0 Å². The molecule has 0 saturated carbocycles. The molecule has 1 saturated heterocycles. The number of nitrogens with zero attached hydrogens (tertiary/aromatic N) is 1. The molecule has 5 heteroatoms. The van der Waals surface area contributed by atoms with Gasteiger partial charge < -0.3 is 4.74 Å². The first-order chi connectivity index (χ1) is 13.2. The van der Waals surface area contributed by atoms with E-state index in [4.69, 9.17) is 4.74 Å². The first-order valence-corrected chi connectivity index (χ1v) is 10.3. The maximum absolute atomic E-state index is 13.7. The number of carbonyl (C=O) groups is 2. The van der Waals surface area contributed by atoms with Gasteiger partial charge in [-0.2, -0.15) is 0 Å². The van der Waals surface area contributed by atoms with Gasteiger partial charge in [-0.25, -0.2) is 9.69 Å². The van der Waals surface area contributed by atoms with Gasteiger partial charge >= 0.3 is 6.09 Å². The van der Waals surface area contributed by atoms with Crippen LogP contribution in [-0.4, -0.2) is 29.0 Å². The topological polar surface area (TPSA) is 46.6 Å². The Morgan fingerprint density at radius 3 is 2.29 bits per heavy atom. The number of imide groups is 1. The summed E-state index contributed by atoms with van der Waals surface area (Å²) in [5.74, 6) is -0.337. The second-order valence-corrected chi connectivity index (χ2v) is 9.11. The summed E-state index contributed by atoms with van der Waals surface area (Å²) < 4.78 is 6.51. The van der Waals surface area contributed by atoms with Crippen LogP contribution in [0.15, 0.2) is 59.1 Å². The number of hydrogen-bond acceptors (Lipinski definition) is 3. The third-order valence-corrected chi connectivity index (χ3v) is 5.85. The Morgan fingerprint density at radius 2 is 1.75 bits per heavy atom. The molecule has 1 aliphatic heterocycles. The molecule has 3 rings (SSSR count). The Balaban J connectivity index is 2.10. The van der Waals surface area contributed by atoms with Crippen LogP contribution in [0.2, 0.25) is 0 Å². The molecule has 4 nitrogen and oxygen atoms in total. The summed E-state index contributed by atoms with van der Waals surface area (Å²) in [5.41, 5.74) is 0.510. The second kappa shape index (κ2) is 7.70. The van der Waals surface area contributed by atoms with E-state index in [1.165, 1.54) is 4.90 Å². The molecule has 0 unspecified atom stereocenters. The molecule has 0 radical (unpaired) electrons. The van der Waals surface area contributed by atoms with Crippen molar-refractivity contribution in [3.63, 3.8) is 0 Å². The van der Waals surface area contributed by atoms with Crippen LogP contribution in [0.25, 0.3) is 0 Å². The van der Waals surface area contributed by atoms with Crippen LogP contribution in [0.5, 0.6) is 0 Å². The van der Waals surface area contributed by atoms with Crippen LogP contribution in [-0.2, 0) is 14.9 Å². The van der Waals surface area contributed by atoms with E-state index in [-0.39, 0.29) is 11.8 Å². The molecule has 0 spiro atoms. The van der Waals surface area contributed by atoms with Crippen molar-refractivity contribution < 1.29 is 14.3 Å². The molecule has 2 amide bonds. The van der Waals surface area contributed by atoms with Crippen LogP contribution in [0.1, 0.15) is 51.2 Å². The highest BCUT2D eigenvalue weighted by molar-refractivity contribution is 9.10. The van der Waals surface area contributed by atoms with Gasteiger partial charge in [0.1, 0.15) is 5.60 Å². The first-order valence-electron chi connectivity index (χ1n) is 9.55. The summed E-state index contributed by atoms with van der Waals surface area (Å²) in [6.45, 7) is 7.74. The standard InChI is InChI=1S/C23H26BrNO3/c1-5-23(17-9-7-6-8-10-17)19(16-11-13-18(24)14-12-16)15-25(20(23)26)21(27)28-22(2,3)4/h6-14,19H,5,15H2,1-4H3/t19-,23+/m0/s1. The molecule has 1 heterocycles. The van der Waals surface area contributed by atoms with Gasteiger partial charge in [-0.1, -0.05) is 65.3 Å². The van der Waals surface area contributed by atoms with Gasteiger partial charge in [0.2, 0.25) is 5.91 Å². The highest BCUT2D eigenvalue weighted by atomic mass is 79.9. The molecule has 2 aromatic rings. The van der Waals surface area contributed by atoms with Gasteiger partial charge in [0, 0.05) is 16.9 Å². The van der Waals surface area contributed by atoms with E-state index in [9.17, 15) is 9.59 Å². The van der Waals surface area contributed by atoms with Crippen molar-refractivity contribution in [3.8, 4) is 0 Å². The van der Waals surface area contributed by atoms with Crippen molar-refractivity contribution in [2.75, 3.05) is 6.54 Å². The minimum atomic E-state index is -0.800. The van der Waals surface area contributed by atoms with E-state index in [0.717, 1.165) is 15.6 Å².